The molecule has 0 saturated carbocycles. The molecule has 0 atom stereocenters. The molecule has 33 heavy (non-hydrogen) atoms. The summed E-state index contributed by atoms with van der Waals surface area (Å²) < 4.78 is 5.43. The predicted molar refractivity (Wildman–Crippen MR) is 128 cm³/mol. The van der Waals surface area contributed by atoms with Crippen LogP contribution in [-0.2, 0) is 12.1 Å². The number of carbonyl (C=O) groups is 2. The maximum absolute atomic E-state index is 13.9. The quantitative estimate of drug-likeness (QED) is 0.527. The van der Waals surface area contributed by atoms with Gasteiger partial charge in [0.1, 0.15) is 5.75 Å². The average molecular weight is 461 g/mol. The Kier molecular flexibility index (Phi) is 5.79. The van der Waals surface area contributed by atoms with E-state index in [4.69, 9.17) is 16.3 Å². The fourth-order valence-corrected chi connectivity index (χ4v) is 5.26. The molecule has 3 aromatic rings. The van der Waals surface area contributed by atoms with Crippen molar-refractivity contribution in [3.63, 3.8) is 0 Å². The Morgan fingerprint density at radius 3 is 2.12 bits per heavy atom. The molecule has 5 nitrogen and oxygen atoms in total. The smallest absolute Gasteiger partial charge is 0.196 e. The van der Waals surface area contributed by atoms with E-state index in [0.29, 0.717) is 35.5 Å². The van der Waals surface area contributed by atoms with Crippen LogP contribution in [0.4, 0.5) is 0 Å². The van der Waals surface area contributed by atoms with Crippen molar-refractivity contribution in [2.45, 2.75) is 12.1 Å². The lowest BCUT2D eigenvalue weighted by Gasteiger charge is -2.44. The molecule has 6 heteroatoms. The number of hydrogen-bond donors (Lipinski definition) is 0. The normalized spacial score (nSPS) is 18.4. The Balaban J connectivity index is 1.49. The monoisotopic (exact) mass is 460 g/mol. The summed E-state index contributed by atoms with van der Waals surface area (Å²) in [4.78, 5) is 32.2. The van der Waals surface area contributed by atoms with Gasteiger partial charge in [0.2, 0.25) is 0 Å². The number of hydrogen-bond acceptors (Lipinski definition) is 5. The summed E-state index contributed by atoms with van der Waals surface area (Å²) in [6, 6.07) is 22.3. The molecule has 0 spiro atoms. The first-order valence-corrected chi connectivity index (χ1v) is 11.5. The minimum Gasteiger partial charge on any atom is -0.497 e. The van der Waals surface area contributed by atoms with Gasteiger partial charge < -0.3 is 4.74 Å². The van der Waals surface area contributed by atoms with Crippen molar-refractivity contribution in [2.75, 3.05) is 33.3 Å². The van der Waals surface area contributed by atoms with Gasteiger partial charge in [-0.25, -0.2) is 0 Å². The zero-order valence-electron chi connectivity index (χ0n) is 18.5. The number of benzene rings is 3. The first kappa shape index (κ1) is 21.8. The Labute approximate surface area is 198 Å². The molecule has 1 saturated heterocycles. The number of nitrogens with zero attached hydrogens (tertiary/aromatic N) is 2. The lowest BCUT2D eigenvalue weighted by Crippen LogP contribution is -2.60. The minimum absolute atomic E-state index is 0.157. The third-order valence-corrected chi connectivity index (χ3v) is 7.13. The number of carbonyl (C=O) groups excluding carboxylic acids is 2. The van der Waals surface area contributed by atoms with Gasteiger partial charge in [-0.2, -0.15) is 0 Å². The van der Waals surface area contributed by atoms with E-state index in [-0.39, 0.29) is 11.6 Å². The first-order valence-electron chi connectivity index (χ1n) is 11.1. The van der Waals surface area contributed by atoms with E-state index in [1.165, 1.54) is 0 Å². The van der Waals surface area contributed by atoms with Crippen LogP contribution in [0.2, 0.25) is 5.02 Å². The molecular formula is C27H25ClN2O3. The van der Waals surface area contributed by atoms with E-state index in [0.717, 1.165) is 30.2 Å². The van der Waals surface area contributed by atoms with Crippen LogP contribution in [0.5, 0.6) is 5.75 Å². The van der Waals surface area contributed by atoms with Crippen LogP contribution in [0, 0.1) is 0 Å². The molecule has 5 rings (SSSR count). The number of piperazine rings is 1. The fourth-order valence-electron chi connectivity index (χ4n) is 5.06. The molecule has 0 radical (unpaired) electrons. The van der Waals surface area contributed by atoms with Gasteiger partial charge in [-0.15, -0.1) is 0 Å². The van der Waals surface area contributed by atoms with Crippen molar-refractivity contribution in [1.82, 2.24) is 9.80 Å². The molecule has 1 aliphatic carbocycles. The van der Waals surface area contributed by atoms with Gasteiger partial charge in [0, 0.05) is 48.9 Å². The van der Waals surface area contributed by atoms with Crippen molar-refractivity contribution in [3.05, 3.63) is 100 Å². The summed E-state index contributed by atoms with van der Waals surface area (Å²) in [7, 11) is 1.59. The van der Waals surface area contributed by atoms with Gasteiger partial charge in [0.15, 0.2) is 17.1 Å². The van der Waals surface area contributed by atoms with Crippen molar-refractivity contribution < 1.29 is 14.3 Å². The summed E-state index contributed by atoms with van der Waals surface area (Å²) >= 11 is 6.36. The zero-order chi connectivity index (χ0) is 23.0. The number of fused-ring (bicyclic) bond motifs is 1. The fraction of sp³-hybridized carbons (Fsp3) is 0.259. The highest BCUT2D eigenvalue weighted by atomic mass is 35.5. The summed E-state index contributed by atoms with van der Waals surface area (Å²) in [5.74, 6) is 0.313. The summed E-state index contributed by atoms with van der Waals surface area (Å²) in [5, 5.41) is 0.754. The van der Waals surface area contributed by atoms with Crippen molar-refractivity contribution >= 4 is 23.2 Å². The number of Topliss-reactive ketones (excluding diaryl/α,β-unsaturated/α-hetero) is 2. The molecule has 3 aromatic carbocycles. The second-order valence-electron chi connectivity index (χ2n) is 8.50. The highest BCUT2D eigenvalue weighted by Crippen LogP contribution is 2.43. The summed E-state index contributed by atoms with van der Waals surface area (Å²) in [5.41, 5.74) is 1.35. The Morgan fingerprint density at radius 1 is 0.848 bits per heavy atom. The van der Waals surface area contributed by atoms with E-state index in [1.54, 1.807) is 19.2 Å². The molecule has 0 aromatic heterocycles. The average Bonchev–Trinajstić information content (AvgIpc) is 3.09. The van der Waals surface area contributed by atoms with Gasteiger partial charge in [0.05, 0.1) is 7.11 Å². The third-order valence-electron chi connectivity index (χ3n) is 6.76. The predicted octanol–water partition coefficient (Wildman–Crippen LogP) is 4.44. The second kappa shape index (κ2) is 8.75. The van der Waals surface area contributed by atoms with Gasteiger partial charge in [-0.1, -0.05) is 66.2 Å². The Hall–Kier alpha value is -2.99. The zero-order valence-corrected chi connectivity index (χ0v) is 19.2. The summed E-state index contributed by atoms with van der Waals surface area (Å²) in [6.07, 6.45) is 0. The topological polar surface area (TPSA) is 49.9 Å². The SMILES string of the molecule is COc1cccc(C2(N3CCN(Cc4ccccc4Cl)CC3)C(=O)c3ccccc3C2=O)c1. The van der Waals surface area contributed by atoms with Crippen molar-refractivity contribution in [3.8, 4) is 5.75 Å². The van der Waals surface area contributed by atoms with E-state index >= 15 is 0 Å². The number of methoxy groups -OCH3 is 1. The molecule has 1 aliphatic heterocycles. The largest absolute Gasteiger partial charge is 0.497 e. The van der Waals surface area contributed by atoms with E-state index in [9.17, 15) is 9.59 Å². The highest BCUT2D eigenvalue weighted by molar-refractivity contribution is 6.33. The van der Waals surface area contributed by atoms with Gasteiger partial charge in [-0.3, -0.25) is 19.4 Å². The standard InChI is InChI=1S/C27H25ClN2O3/c1-33-21-9-6-8-20(17-21)27(25(31)22-10-3-4-11-23(22)26(27)32)30-15-13-29(14-16-30)18-19-7-2-5-12-24(19)28/h2-12,17H,13-16,18H2,1H3. The van der Waals surface area contributed by atoms with E-state index in [2.05, 4.69) is 9.80 Å². The van der Waals surface area contributed by atoms with Crippen LogP contribution >= 0.6 is 11.6 Å². The molecule has 2 aliphatic rings. The van der Waals surface area contributed by atoms with Gasteiger partial charge in [0.25, 0.3) is 0 Å². The minimum atomic E-state index is -1.37. The Morgan fingerprint density at radius 2 is 1.48 bits per heavy atom. The number of ketones is 2. The highest BCUT2D eigenvalue weighted by Gasteiger charge is 2.58. The van der Waals surface area contributed by atoms with E-state index in [1.807, 2.05) is 60.7 Å². The number of halogens is 1. The molecule has 0 N–H and O–H groups in total. The molecule has 168 valence electrons. The van der Waals surface area contributed by atoms with Crippen LogP contribution in [0.25, 0.3) is 0 Å². The Bertz CT molecular complexity index is 1180. The maximum Gasteiger partial charge on any atom is 0.196 e. The van der Waals surface area contributed by atoms with Crippen molar-refractivity contribution in [1.29, 1.82) is 0 Å². The molecule has 0 unspecified atom stereocenters. The van der Waals surface area contributed by atoms with Gasteiger partial charge in [-0.05, 0) is 29.3 Å². The van der Waals surface area contributed by atoms with Crippen LogP contribution in [0.1, 0.15) is 31.8 Å². The summed E-state index contributed by atoms with van der Waals surface area (Å²) in [6.45, 7) is 3.38. The van der Waals surface area contributed by atoms with Crippen LogP contribution in [0.3, 0.4) is 0 Å². The maximum atomic E-state index is 13.9. The molecule has 1 heterocycles. The van der Waals surface area contributed by atoms with Crippen molar-refractivity contribution in [2.24, 2.45) is 0 Å². The lowest BCUT2D eigenvalue weighted by atomic mass is 9.82. The first-order chi connectivity index (χ1) is 16.1. The van der Waals surface area contributed by atoms with Crippen LogP contribution in [-0.4, -0.2) is 54.7 Å². The number of ether oxygens (including phenoxy) is 1. The molecule has 1 fully saturated rings. The lowest BCUT2D eigenvalue weighted by molar-refractivity contribution is 0.0279. The molecular weight excluding hydrogens is 436 g/mol. The van der Waals surface area contributed by atoms with E-state index < -0.39 is 5.54 Å². The molecule has 0 amide bonds. The third kappa shape index (κ3) is 3.57. The second-order valence-corrected chi connectivity index (χ2v) is 8.91. The van der Waals surface area contributed by atoms with Gasteiger partial charge >= 0.3 is 0 Å². The van der Waals surface area contributed by atoms with Crippen LogP contribution in [0.15, 0.2) is 72.8 Å². The molecule has 0 bridgehead atoms. The van der Waals surface area contributed by atoms with Crippen LogP contribution < -0.4 is 4.74 Å². The number of rotatable bonds is 5.